The van der Waals surface area contributed by atoms with Crippen molar-refractivity contribution < 1.29 is 9.33 Å². The summed E-state index contributed by atoms with van der Waals surface area (Å²) in [6, 6.07) is 12.5. The van der Waals surface area contributed by atoms with Gasteiger partial charge in [0, 0.05) is 6.20 Å². The van der Waals surface area contributed by atoms with E-state index >= 15 is 0 Å². The number of nitrogens with zero attached hydrogens (tertiary/aromatic N) is 5. The first-order chi connectivity index (χ1) is 13.4. The zero-order valence-corrected chi connectivity index (χ0v) is 14.8. The number of anilines is 1. The Labute approximate surface area is 158 Å². The Morgan fingerprint density at radius 2 is 1.93 bits per heavy atom. The minimum Gasteiger partial charge on any atom is -0.456 e. The van der Waals surface area contributed by atoms with Crippen LogP contribution in [0.4, 0.5) is 5.69 Å². The second-order valence-electron chi connectivity index (χ2n) is 6.85. The van der Waals surface area contributed by atoms with Gasteiger partial charge in [0.15, 0.2) is 6.20 Å². The Bertz CT molecular complexity index is 944. The second kappa shape index (κ2) is 6.48. The van der Waals surface area contributed by atoms with Crippen LogP contribution >= 0.6 is 0 Å². The van der Waals surface area contributed by atoms with Crippen LogP contribution < -0.4 is 9.75 Å². The van der Waals surface area contributed by atoms with E-state index in [1.807, 2.05) is 49.2 Å². The quantitative estimate of drug-likeness (QED) is 0.744. The first kappa shape index (κ1) is 16.0. The molecule has 6 heteroatoms. The van der Waals surface area contributed by atoms with Crippen molar-refractivity contribution in [3.8, 4) is 11.5 Å². The van der Waals surface area contributed by atoms with Gasteiger partial charge in [-0.25, -0.2) is 10.0 Å². The lowest BCUT2D eigenvalue weighted by atomic mass is 9.92. The van der Waals surface area contributed by atoms with Gasteiger partial charge in [-0.05, 0) is 55.7 Å². The van der Waals surface area contributed by atoms with E-state index in [1.54, 1.807) is 12.4 Å². The Balaban J connectivity index is 1.47. The van der Waals surface area contributed by atoms with Gasteiger partial charge in [0.25, 0.3) is 0 Å². The molecular weight excluding hydrogens is 338 g/mol. The summed E-state index contributed by atoms with van der Waals surface area (Å²) in [6.45, 7) is 0. The van der Waals surface area contributed by atoms with Crippen molar-refractivity contribution in [1.29, 1.82) is 0 Å². The predicted molar refractivity (Wildman–Crippen MR) is 105 cm³/mol. The number of hydrogen-bond acceptors (Lipinski definition) is 5. The molecule has 0 bridgehead atoms. The van der Waals surface area contributed by atoms with E-state index in [1.165, 1.54) is 19.3 Å². The standard InChI is InChI=1S/C21H20N5O/c1-3-17(4-1)25(26-12-11-23-13-19(26)14-24-16-26)18-6-8-20(9-7-18)27-21-5-2-10-22-15-21/h2,5-17H,1,3-4H2/q+1. The lowest BCUT2D eigenvalue weighted by Crippen LogP contribution is -2.61. The van der Waals surface area contributed by atoms with Crippen LogP contribution in [0.3, 0.4) is 0 Å². The Hall–Kier alpha value is -3.25. The number of allylic oxidation sites excluding steroid dienone is 1. The summed E-state index contributed by atoms with van der Waals surface area (Å²) in [5, 5.41) is 2.42. The molecule has 1 saturated carbocycles. The van der Waals surface area contributed by atoms with E-state index in [9.17, 15) is 0 Å². The Morgan fingerprint density at radius 3 is 2.67 bits per heavy atom. The van der Waals surface area contributed by atoms with Crippen molar-refractivity contribution in [3.63, 3.8) is 0 Å². The Morgan fingerprint density at radius 1 is 1.04 bits per heavy atom. The lowest BCUT2D eigenvalue weighted by Gasteiger charge is -2.46. The number of pyridine rings is 1. The number of benzene rings is 1. The van der Waals surface area contributed by atoms with Gasteiger partial charge in [0.1, 0.15) is 11.5 Å². The highest BCUT2D eigenvalue weighted by Gasteiger charge is 2.46. The molecule has 2 aromatic rings. The van der Waals surface area contributed by atoms with E-state index in [0.29, 0.717) is 10.6 Å². The van der Waals surface area contributed by atoms with Gasteiger partial charge >= 0.3 is 0 Å². The SMILES string of the molecule is C1=C[N+]2(N(c3ccc(Oc4cccnc4)cc3)C3CCC3)C=NC=C2C=N1. The molecule has 3 heterocycles. The monoisotopic (exact) mass is 358 g/mol. The summed E-state index contributed by atoms with van der Waals surface area (Å²) in [5.74, 6) is 1.52. The van der Waals surface area contributed by atoms with Crippen LogP contribution in [0.5, 0.6) is 11.5 Å². The molecule has 1 aromatic carbocycles. The largest absolute Gasteiger partial charge is 0.456 e. The van der Waals surface area contributed by atoms with Crippen molar-refractivity contribution in [2.24, 2.45) is 9.98 Å². The maximum Gasteiger partial charge on any atom is 0.225 e. The normalized spacial score (nSPS) is 22.9. The van der Waals surface area contributed by atoms with Crippen LogP contribution in [0.25, 0.3) is 0 Å². The molecule has 27 heavy (non-hydrogen) atoms. The number of hydrogen-bond donors (Lipinski definition) is 0. The molecule has 6 nitrogen and oxygen atoms in total. The smallest absolute Gasteiger partial charge is 0.225 e. The molecule has 1 atom stereocenters. The van der Waals surface area contributed by atoms with Crippen molar-refractivity contribution in [2.45, 2.75) is 25.3 Å². The molecule has 0 saturated heterocycles. The van der Waals surface area contributed by atoms with Crippen molar-refractivity contribution in [2.75, 3.05) is 5.01 Å². The zero-order valence-electron chi connectivity index (χ0n) is 14.8. The minimum absolute atomic E-state index is 0.469. The number of rotatable bonds is 5. The fraction of sp³-hybridized carbons (Fsp3) is 0.190. The molecule has 1 aliphatic carbocycles. The fourth-order valence-corrected chi connectivity index (χ4v) is 3.65. The summed E-state index contributed by atoms with van der Waals surface area (Å²) in [6.07, 6.45) is 16.7. The summed E-state index contributed by atoms with van der Waals surface area (Å²) in [5.41, 5.74) is 2.19. The van der Waals surface area contributed by atoms with E-state index in [2.05, 4.69) is 38.3 Å². The van der Waals surface area contributed by atoms with Gasteiger partial charge in [-0.15, -0.1) is 4.59 Å². The van der Waals surface area contributed by atoms with Gasteiger partial charge in [0.05, 0.1) is 36.5 Å². The molecule has 134 valence electrons. The number of quaternary nitrogens is 1. The third-order valence-corrected chi connectivity index (χ3v) is 5.20. The molecule has 1 aromatic heterocycles. The molecule has 0 spiro atoms. The molecule has 1 unspecified atom stereocenters. The number of ether oxygens (including phenoxy) is 1. The number of fused-ring (bicyclic) bond motifs is 1. The van der Waals surface area contributed by atoms with E-state index in [-0.39, 0.29) is 0 Å². The van der Waals surface area contributed by atoms with Crippen molar-refractivity contribution in [3.05, 3.63) is 73.1 Å². The van der Waals surface area contributed by atoms with Crippen molar-refractivity contribution >= 4 is 18.2 Å². The molecule has 1 fully saturated rings. The average Bonchev–Trinajstić information content (AvgIpc) is 3.11. The highest BCUT2D eigenvalue weighted by atomic mass is 16.5. The third-order valence-electron chi connectivity index (χ3n) is 5.20. The lowest BCUT2D eigenvalue weighted by molar-refractivity contribution is -0.746. The second-order valence-corrected chi connectivity index (χ2v) is 6.85. The number of aliphatic imine (C=N–C) groups is 2. The maximum absolute atomic E-state index is 5.89. The van der Waals surface area contributed by atoms with Crippen LogP contribution in [0, 0.1) is 0 Å². The first-order valence-corrected chi connectivity index (χ1v) is 9.17. The van der Waals surface area contributed by atoms with E-state index in [4.69, 9.17) is 4.74 Å². The average molecular weight is 358 g/mol. The number of aromatic nitrogens is 1. The molecule has 0 radical (unpaired) electrons. The first-order valence-electron chi connectivity index (χ1n) is 9.17. The van der Waals surface area contributed by atoms with E-state index < -0.39 is 0 Å². The van der Waals surface area contributed by atoms with Gasteiger partial charge in [-0.2, -0.15) is 0 Å². The highest BCUT2D eigenvalue weighted by molar-refractivity contribution is 5.82. The van der Waals surface area contributed by atoms with E-state index in [0.717, 1.165) is 22.9 Å². The van der Waals surface area contributed by atoms with Crippen LogP contribution in [-0.4, -0.2) is 28.2 Å². The molecule has 2 aliphatic heterocycles. The predicted octanol–water partition coefficient (Wildman–Crippen LogP) is 4.40. The summed E-state index contributed by atoms with van der Waals surface area (Å²) >= 11 is 0. The molecule has 0 N–H and O–H groups in total. The zero-order chi connectivity index (χ0) is 18.1. The molecular formula is C21H20N5O+. The van der Waals surface area contributed by atoms with Gasteiger partial charge in [0.2, 0.25) is 12.0 Å². The fourth-order valence-electron chi connectivity index (χ4n) is 3.65. The molecule has 3 aliphatic rings. The summed E-state index contributed by atoms with van der Waals surface area (Å²) in [4.78, 5) is 12.8. The molecule has 5 rings (SSSR count). The van der Waals surface area contributed by atoms with Crippen LogP contribution in [0.1, 0.15) is 19.3 Å². The van der Waals surface area contributed by atoms with Gasteiger partial charge < -0.3 is 4.74 Å². The topological polar surface area (TPSA) is 50.1 Å². The minimum atomic E-state index is 0.469. The summed E-state index contributed by atoms with van der Waals surface area (Å²) < 4.78 is 6.35. The van der Waals surface area contributed by atoms with Crippen LogP contribution in [0.15, 0.2) is 83.1 Å². The maximum atomic E-state index is 5.89. The van der Waals surface area contributed by atoms with Gasteiger partial charge in [-0.3, -0.25) is 9.98 Å². The molecule has 0 amide bonds. The van der Waals surface area contributed by atoms with Crippen LogP contribution in [0.2, 0.25) is 0 Å². The van der Waals surface area contributed by atoms with Crippen LogP contribution in [-0.2, 0) is 0 Å². The third kappa shape index (κ3) is 2.74. The van der Waals surface area contributed by atoms with Crippen molar-refractivity contribution in [1.82, 2.24) is 4.98 Å². The summed E-state index contributed by atoms with van der Waals surface area (Å²) in [7, 11) is 0. The Kier molecular flexibility index (Phi) is 3.83. The van der Waals surface area contributed by atoms with Gasteiger partial charge in [-0.1, -0.05) is 0 Å². The highest BCUT2D eigenvalue weighted by Crippen LogP contribution is 2.39.